The van der Waals surface area contributed by atoms with Gasteiger partial charge in [-0.2, -0.15) is 0 Å². The van der Waals surface area contributed by atoms with E-state index in [1.54, 1.807) is 0 Å². The Hall–Kier alpha value is -2.30. The van der Waals surface area contributed by atoms with Gasteiger partial charge in [-0.1, -0.05) is 23.7 Å². The van der Waals surface area contributed by atoms with Crippen LogP contribution in [-0.4, -0.2) is 12.8 Å². The van der Waals surface area contributed by atoms with Gasteiger partial charge in [0, 0.05) is 11.2 Å². The van der Waals surface area contributed by atoms with Crippen molar-refractivity contribution in [3.63, 3.8) is 0 Å². The van der Waals surface area contributed by atoms with E-state index in [0.717, 1.165) is 32.8 Å². The number of benzene rings is 3. The molecule has 5 heteroatoms. The molecule has 0 spiro atoms. The Morgan fingerprint density at radius 2 is 1.81 bits per heavy atom. The zero-order valence-corrected chi connectivity index (χ0v) is 17.2. The molecule has 0 heterocycles. The lowest BCUT2D eigenvalue weighted by Crippen LogP contribution is -1.96. The summed E-state index contributed by atoms with van der Waals surface area (Å²) in [5.41, 5.74) is 2.87. The third-order valence-electron chi connectivity index (χ3n) is 3.75. The maximum Gasteiger partial charge on any atom is 0.134 e. The topological polar surface area (TPSA) is 30.8 Å². The monoisotopic (exact) mass is 443 g/mol. The van der Waals surface area contributed by atoms with Crippen LogP contribution in [-0.2, 0) is 6.61 Å². The number of hydrogen-bond donors (Lipinski definition) is 0. The van der Waals surface area contributed by atoms with Gasteiger partial charge in [-0.25, -0.2) is 0 Å². The van der Waals surface area contributed by atoms with Gasteiger partial charge in [0.1, 0.15) is 18.1 Å². The Kier molecular flexibility index (Phi) is 6.91. The maximum atomic E-state index is 6.00. The van der Waals surface area contributed by atoms with E-state index >= 15 is 0 Å². The molecule has 0 atom stereocenters. The molecule has 0 bridgehead atoms. The fraction of sp³-hybridized carbons (Fsp3) is 0.136. The van der Waals surface area contributed by atoms with E-state index in [-0.39, 0.29) is 0 Å². The van der Waals surface area contributed by atoms with E-state index in [2.05, 4.69) is 20.9 Å². The highest BCUT2D eigenvalue weighted by Crippen LogP contribution is 2.27. The first kappa shape index (κ1) is 19.5. The molecule has 0 saturated heterocycles. The zero-order valence-electron chi connectivity index (χ0n) is 14.9. The molecule has 0 fully saturated rings. The second kappa shape index (κ2) is 9.58. The Morgan fingerprint density at radius 1 is 1.00 bits per heavy atom. The van der Waals surface area contributed by atoms with Crippen molar-refractivity contribution in [2.45, 2.75) is 13.5 Å². The van der Waals surface area contributed by atoms with Crippen molar-refractivity contribution in [1.29, 1.82) is 0 Å². The molecular weight excluding hydrogens is 426 g/mol. The van der Waals surface area contributed by atoms with Crippen molar-refractivity contribution in [3.8, 4) is 11.5 Å². The summed E-state index contributed by atoms with van der Waals surface area (Å²) in [5.74, 6) is 1.62. The van der Waals surface area contributed by atoms with E-state index in [1.807, 2.05) is 79.9 Å². The fourth-order valence-corrected chi connectivity index (χ4v) is 3.17. The first-order valence-electron chi connectivity index (χ1n) is 8.58. The van der Waals surface area contributed by atoms with Crippen LogP contribution in [0.5, 0.6) is 11.5 Å². The number of hydrogen-bond acceptors (Lipinski definition) is 3. The smallest absolute Gasteiger partial charge is 0.134 e. The average molecular weight is 445 g/mol. The van der Waals surface area contributed by atoms with Crippen molar-refractivity contribution >= 4 is 39.4 Å². The molecule has 0 aliphatic rings. The first-order chi connectivity index (χ1) is 13.1. The zero-order chi connectivity index (χ0) is 19.1. The lowest BCUT2D eigenvalue weighted by Gasteiger charge is -2.09. The molecule has 27 heavy (non-hydrogen) atoms. The van der Waals surface area contributed by atoms with E-state index in [9.17, 15) is 0 Å². The van der Waals surface area contributed by atoms with E-state index in [0.29, 0.717) is 18.2 Å². The summed E-state index contributed by atoms with van der Waals surface area (Å²) < 4.78 is 12.2. The van der Waals surface area contributed by atoms with Crippen LogP contribution in [0.3, 0.4) is 0 Å². The molecular formula is C22H19BrClNO2. The minimum atomic E-state index is 0.457. The van der Waals surface area contributed by atoms with Gasteiger partial charge in [0.25, 0.3) is 0 Å². The quantitative estimate of drug-likeness (QED) is 0.374. The molecule has 138 valence electrons. The van der Waals surface area contributed by atoms with Crippen molar-refractivity contribution < 1.29 is 9.47 Å². The number of ether oxygens (including phenoxy) is 2. The standard InChI is InChI=1S/C22H19BrClNO2/c1-2-26-20-9-7-19(8-10-20)25-14-16-6-11-22(21(23)13-16)27-15-17-4-3-5-18(24)12-17/h3-14H,2,15H2,1H3. The van der Waals surface area contributed by atoms with E-state index in [1.165, 1.54) is 0 Å². The van der Waals surface area contributed by atoms with Crippen molar-refractivity contribution in [1.82, 2.24) is 0 Å². The molecule has 3 nitrogen and oxygen atoms in total. The number of aliphatic imine (C=N–C) groups is 1. The second-order valence-electron chi connectivity index (χ2n) is 5.79. The number of rotatable bonds is 7. The van der Waals surface area contributed by atoms with Crippen molar-refractivity contribution in [3.05, 3.63) is 87.4 Å². The molecule has 0 N–H and O–H groups in total. The highest BCUT2D eigenvalue weighted by Gasteiger charge is 2.03. The molecule has 0 radical (unpaired) electrons. The van der Waals surface area contributed by atoms with Crippen LogP contribution in [0.25, 0.3) is 0 Å². The van der Waals surface area contributed by atoms with Crippen molar-refractivity contribution in [2.75, 3.05) is 6.61 Å². The number of nitrogens with zero attached hydrogens (tertiary/aromatic N) is 1. The Labute approximate surface area is 172 Å². The van der Waals surface area contributed by atoms with Gasteiger partial charge >= 0.3 is 0 Å². The molecule has 3 aromatic rings. The van der Waals surface area contributed by atoms with Gasteiger partial charge in [-0.3, -0.25) is 4.99 Å². The lowest BCUT2D eigenvalue weighted by molar-refractivity contribution is 0.304. The van der Waals surface area contributed by atoms with Crippen LogP contribution in [0.2, 0.25) is 5.02 Å². The average Bonchev–Trinajstić information content (AvgIpc) is 2.67. The Morgan fingerprint density at radius 3 is 2.52 bits per heavy atom. The summed E-state index contributed by atoms with van der Waals surface area (Å²) >= 11 is 9.56. The van der Waals surface area contributed by atoms with Crippen LogP contribution in [0.4, 0.5) is 5.69 Å². The second-order valence-corrected chi connectivity index (χ2v) is 7.08. The molecule has 0 aliphatic carbocycles. The minimum absolute atomic E-state index is 0.457. The summed E-state index contributed by atoms with van der Waals surface area (Å²) in [6.45, 7) is 3.08. The molecule has 0 saturated carbocycles. The normalized spacial score (nSPS) is 10.9. The molecule has 3 aromatic carbocycles. The van der Waals surface area contributed by atoms with Gasteiger partial charge in [0.2, 0.25) is 0 Å². The van der Waals surface area contributed by atoms with Crippen LogP contribution in [0.15, 0.2) is 76.2 Å². The largest absolute Gasteiger partial charge is 0.494 e. The summed E-state index contributed by atoms with van der Waals surface area (Å²) in [5, 5.41) is 0.705. The lowest BCUT2D eigenvalue weighted by atomic mass is 10.2. The first-order valence-corrected chi connectivity index (χ1v) is 9.75. The molecule has 0 aromatic heterocycles. The Balaban J connectivity index is 1.63. The third kappa shape index (κ3) is 5.84. The van der Waals surface area contributed by atoms with Gasteiger partial charge in [0.15, 0.2) is 0 Å². The Bertz CT molecular complexity index is 926. The SMILES string of the molecule is CCOc1ccc(N=Cc2ccc(OCc3cccc(Cl)c3)c(Br)c2)cc1. The van der Waals surface area contributed by atoms with Crippen molar-refractivity contribution in [2.24, 2.45) is 4.99 Å². The number of halogens is 2. The van der Waals surface area contributed by atoms with Crippen LogP contribution in [0, 0.1) is 0 Å². The molecule has 3 rings (SSSR count). The van der Waals surface area contributed by atoms with Gasteiger partial charge in [0.05, 0.1) is 16.8 Å². The van der Waals surface area contributed by atoms with E-state index < -0.39 is 0 Å². The van der Waals surface area contributed by atoms with E-state index in [4.69, 9.17) is 21.1 Å². The van der Waals surface area contributed by atoms with Crippen LogP contribution < -0.4 is 9.47 Å². The molecule has 0 unspecified atom stereocenters. The molecule has 0 amide bonds. The van der Waals surface area contributed by atoms with Crippen LogP contribution >= 0.6 is 27.5 Å². The van der Waals surface area contributed by atoms with Gasteiger partial charge in [-0.05, 0) is 88.6 Å². The summed E-state index contributed by atoms with van der Waals surface area (Å²) in [6, 6.07) is 21.2. The predicted octanol–water partition coefficient (Wildman–Crippen LogP) is 6.83. The molecule has 0 aliphatic heterocycles. The van der Waals surface area contributed by atoms with Gasteiger partial charge < -0.3 is 9.47 Å². The van der Waals surface area contributed by atoms with Crippen LogP contribution in [0.1, 0.15) is 18.1 Å². The highest BCUT2D eigenvalue weighted by atomic mass is 79.9. The highest BCUT2D eigenvalue weighted by molar-refractivity contribution is 9.10. The van der Waals surface area contributed by atoms with Gasteiger partial charge in [-0.15, -0.1) is 0 Å². The summed E-state index contributed by atoms with van der Waals surface area (Å²) in [7, 11) is 0. The summed E-state index contributed by atoms with van der Waals surface area (Å²) in [4.78, 5) is 4.49. The fourth-order valence-electron chi connectivity index (χ4n) is 2.45. The minimum Gasteiger partial charge on any atom is -0.494 e. The third-order valence-corrected chi connectivity index (χ3v) is 4.60. The predicted molar refractivity (Wildman–Crippen MR) is 115 cm³/mol. The summed E-state index contributed by atoms with van der Waals surface area (Å²) in [6.07, 6.45) is 1.82. The maximum absolute atomic E-state index is 6.00.